The van der Waals surface area contributed by atoms with Gasteiger partial charge in [-0.25, -0.2) is 0 Å². The summed E-state index contributed by atoms with van der Waals surface area (Å²) in [4.78, 5) is 12.2. The quantitative estimate of drug-likeness (QED) is 0.685. The zero-order chi connectivity index (χ0) is 16.0. The van der Waals surface area contributed by atoms with Crippen LogP contribution in [0.15, 0.2) is 27.1 Å². The number of halogens is 2. The number of carbonyl (C=O) groups is 1. The summed E-state index contributed by atoms with van der Waals surface area (Å²) < 4.78 is 1.75. The van der Waals surface area contributed by atoms with Crippen molar-refractivity contribution in [2.45, 2.75) is 40.0 Å². The number of hydrogen-bond donors (Lipinski definition) is 2. The Morgan fingerprint density at radius 3 is 2.29 bits per heavy atom. The van der Waals surface area contributed by atoms with E-state index in [1.54, 1.807) is 0 Å². The van der Waals surface area contributed by atoms with Crippen molar-refractivity contribution in [1.29, 1.82) is 0 Å². The first kappa shape index (κ1) is 18.7. The largest absolute Gasteiger partial charge is 0.330 e. The molecule has 0 aliphatic rings. The molecule has 0 aliphatic heterocycles. The summed E-state index contributed by atoms with van der Waals surface area (Å²) in [5.74, 6) is 0.491. The Kier molecular flexibility index (Phi) is 7.37. The molecule has 3 N–H and O–H groups in total. The maximum absolute atomic E-state index is 12.2. The van der Waals surface area contributed by atoms with Crippen LogP contribution >= 0.6 is 31.9 Å². The van der Waals surface area contributed by atoms with E-state index in [9.17, 15) is 4.79 Å². The molecule has 5 heteroatoms. The second-order valence-electron chi connectivity index (χ2n) is 6.32. The molecule has 21 heavy (non-hydrogen) atoms. The fraction of sp³-hybridized carbons (Fsp3) is 0.562. The fourth-order valence-electron chi connectivity index (χ4n) is 2.34. The molecular formula is C16H24Br2N2O. The lowest BCUT2D eigenvalue weighted by Crippen LogP contribution is -2.25. The lowest BCUT2D eigenvalue weighted by atomic mass is 9.76. The van der Waals surface area contributed by atoms with Gasteiger partial charge in [-0.05, 0) is 74.7 Å². The first-order chi connectivity index (χ1) is 9.75. The number of nitrogens with two attached hydrogens (primary N) is 1. The lowest BCUT2D eigenvalue weighted by Gasteiger charge is -2.30. The zero-order valence-corrected chi connectivity index (χ0v) is 16.1. The van der Waals surface area contributed by atoms with E-state index in [1.165, 1.54) is 0 Å². The summed E-state index contributed by atoms with van der Waals surface area (Å²) in [6.07, 6.45) is 2.32. The van der Waals surface area contributed by atoms with E-state index >= 15 is 0 Å². The summed E-state index contributed by atoms with van der Waals surface area (Å²) in [6.45, 7) is 7.28. The van der Waals surface area contributed by atoms with Crippen molar-refractivity contribution >= 4 is 43.5 Å². The molecule has 1 unspecified atom stereocenters. The minimum atomic E-state index is 0.0360. The van der Waals surface area contributed by atoms with Crippen LogP contribution < -0.4 is 11.1 Å². The standard InChI is InChI=1S/C16H24Br2N2O/c1-16(2,3)11(9-10-19)7-8-14(21)20-15-12(17)5-4-6-13(15)18/h4-6,11H,7-10,19H2,1-3H3,(H,20,21). The van der Waals surface area contributed by atoms with Crippen molar-refractivity contribution in [3.8, 4) is 0 Å². The van der Waals surface area contributed by atoms with Crippen molar-refractivity contribution in [3.63, 3.8) is 0 Å². The maximum atomic E-state index is 12.2. The molecule has 0 fully saturated rings. The van der Waals surface area contributed by atoms with Crippen molar-refractivity contribution in [2.75, 3.05) is 11.9 Å². The molecule has 1 rings (SSSR count). The number of rotatable bonds is 6. The van der Waals surface area contributed by atoms with E-state index in [4.69, 9.17) is 5.73 Å². The topological polar surface area (TPSA) is 55.1 Å². The Labute approximate surface area is 144 Å². The molecule has 0 bridgehead atoms. The van der Waals surface area contributed by atoms with Gasteiger partial charge >= 0.3 is 0 Å². The molecule has 0 aromatic heterocycles. The van der Waals surface area contributed by atoms with Gasteiger partial charge in [-0.1, -0.05) is 26.8 Å². The van der Waals surface area contributed by atoms with Crippen LogP contribution in [-0.2, 0) is 4.79 Å². The molecule has 1 aromatic rings. The number of para-hydroxylation sites is 1. The molecule has 0 radical (unpaired) electrons. The Morgan fingerprint density at radius 2 is 1.81 bits per heavy atom. The molecule has 0 spiro atoms. The molecule has 0 saturated heterocycles. The van der Waals surface area contributed by atoms with Crippen molar-refractivity contribution in [1.82, 2.24) is 0 Å². The highest BCUT2D eigenvalue weighted by molar-refractivity contribution is 9.11. The molecule has 0 saturated carbocycles. The monoisotopic (exact) mass is 418 g/mol. The summed E-state index contributed by atoms with van der Waals surface area (Å²) in [7, 11) is 0. The van der Waals surface area contributed by atoms with Crippen molar-refractivity contribution in [2.24, 2.45) is 17.1 Å². The lowest BCUT2D eigenvalue weighted by molar-refractivity contribution is -0.116. The van der Waals surface area contributed by atoms with Gasteiger partial charge in [-0.3, -0.25) is 4.79 Å². The first-order valence-corrected chi connectivity index (χ1v) is 8.78. The summed E-state index contributed by atoms with van der Waals surface area (Å²) >= 11 is 6.90. The van der Waals surface area contributed by atoms with Crippen molar-refractivity contribution in [3.05, 3.63) is 27.1 Å². The second-order valence-corrected chi connectivity index (χ2v) is 8.03. The number of nitrogens with one attached hydrogen (secondary N) is 1. The van der Waals surface area contributed by atoms with E-state index in [0.717, 1.165) is 27.5 Å². The average molecular weight is 420 g/mol. The van der Waals surface area contributed by atoms with Crippen LogP contribution in [0.1, 0.15) is 40.0 Å². The highest BCUT2D eigenvalue weighted by Gasteiger charge is 2.24. The fourth-order valence-corrected chi connectivity index (χ4v) is 3.53. The second kappa shape index (κ2) is 8.30. The summed E-state index contributed by atoms with van der Waals surface area (Å²) in [5, 5.41) is 2.96. The smallest absolute Gasteiger partial charge is 0.224 e. The van der Waals surface area contributed by atoms with E-state index in [0.29, 0.717) is 18.9 Å². The first-order valence-electron chi connectivity index (χ1n) is 7.19. The minimum Gasteiger partial charge on any atom is -0.330 e. The molecule has 1 aromatic carbocycles. The number of anilines is 1. The van der Waals surface area contributed by atoms with E-state index in [-0.39, 0.29) is 11.3 Å². The molecule has 1 atom stereocenters. The van der Waals surface area contributed by atoms with Gasteiger partial charge in [0.1, 0.15) is 0 Å². The molecule has 118 valence electrons. The third-order valence-corrected chi connectivity index (χ3v) is 5.01. The van der Waals surface area contributed by atoms with Crippen LogP contribution in [-0.4, -0.2) is 12.5 Å². The highest BCUT2D eigenvalue weighted by Crippen LogP contribution is 2.33. The van der Waals surface area contributed by atoms with Gasteiger partial charge in [0.05, 0.1) is 5.69 Å². The Bertz CT molecular complexity index is 463. The van der Waals surface area contributed by atoms with Gasteiger partial charge in [-0.15, -0.1) is 0 Å². The predicted octanol–water partition coefficient (Wildman–Crippen LogP) is 4.94. The van der Waals surface area contributed by atoms with Crippen LogP contribution in [0, 0.1) is 11.3 Å². The van der Waals surface area contributed by atoms with Crippen molar-refractivity contribution < 1.29 is 4.79 Å². The Balaban J connectivity index is 2.61. The maximum Gasteiger partial charge on any atom is 0.224 e. The van der Waals surface area contributed by atoms with Gasteiger partial charge in [0, 0.05) is 15.4 Å². The summed E-state index contributed by atoms with van der Waals surface area (Å²) in [6, 6.07) is 5.74. The number of benzene rings is 1. The summed E-state index contributed by atoms with van der Waals surface area (Å²) in [5.41, 5.74) is 6.64. The van der Waals surface area contributed by atoms with E-state index in [2.05, 4.69) is 57.9 Å². The van der Waals surface area contributed by atoms with Gasteiger partial charge in [-0.2, -0.15) is 0 Å². The van der Waals surface area contributed by atoms with Crippen LogP contribution in [0.25, 0.3) is 0 Å². The van der Waals surface area contributed by atoms with Gasteiger partial charge in [0.25, 0.3) is 0 Å². The van der Waals surface area contributed by atoms with Gasteiger partial charge in [0.15, 0.2) is 0 Å². The SMILES string of the molecule is CC(C)(C)C(CCN)CCC(=O)Nc1c(Br)cccc1Br. The normalized spacial score (nSPS) is 13.0. The highest BCUT2D eigenvalue weighted by atomic mass is 79.9. The van der Waals surface area contributed by atoms with Crippen LogP contribution in [0.4, 0.5) is 5.69 Å². The Hall–Kier alpha value is -0.390. The third kappa shape index (κ3) is 6.09. The number of carbonyl (C=O) groups excluding carboxylic acids is 1. The molecule has 0 heterocycles. The van der Waals surface area contributed by atoms with Crippen LogP contribution in [0.2, 0.25) is 0 Å². The third-order valence-electron chi connectivity index (χ3n) is 3.69. The van der Waals surface area contributed by atoms with Gasteiger partial charge in [0.2, 0.25) is 5.91 Å². The van der Waals surface area contributed by atoms with Crippen LogP contribution in [0.3, 0.4) is 0 Å². The number of hydrogen-bond acceptors (Lipinski definition) is 2. The van der Waals surface area contributed by atoms with E-state index in [1.807, 2.05) is 18.2 Å². The Morgan fingerprint density at radius 1 is 1.24 bits per heavy atom. The molecule has 0 aliphatic carbocycles. The average Bonchev–Trinajstić information content (AvgIpc) is 2.37. The number of amides is 1. The van der Waals surface area contributed by atoms with Gasteiger partial charge < -0.3 is 11.1 Å². The zero-order valence-electron chi connectivity index (χ0n) is 12.9. The molecule has 1 amide bonds. The molecular weight excluding hydrogens is 396 g/mol. The van der Waals surface area contributed by atoms with Crippen LogP contribution in [0.5, 0.6) is 0 Å². The minimum absolute atomic E-state index is 0.0360. The molecule has 3 nitrogen and oxygen atoms in total. The van der Waals surface area contributed by atoms with E-state index < -0.39 is 0 Å². The predicted molar refractivity (Wildman–Crippen MR) is 96.3 cm³/mol.